The number of aryl methyl sites for hydroxylation is 1. The highest BCUT2D eigenvalue weighted by molar-refractivity contribution is 5.71. The smallest absolute Gasteiger partial charge is 0.126 e. The van der Waals surface area contributed by atoms with Gasteiger partial charge in [0.15, 0.2) is 0 Å². The van der Waals surface area contributed by atoms with Crippen LogP contribution in [0.25, 0.3) is 33.6 Å². The second-order valence-electron chi connectivity index (χ2n) is 6.19. The highest BCUT2D eigenvalue weighted by atomic mass is 14.9. The number of pyridine rings is 1. The monoisotopic (exact) mass is 348 g/mol. The molecule has 0 aliphatic carbocycles. The van der Waals surface area contributed by atoms with Gasteiger partial charge in [-0.1, -0.05) is 42.5 Å². The lowest BCUT2D eigenvalue weighted by atomic mass is 10.0. The van der Waals surface area contributed by atoms with E-state index in [1.807, 2.05) is 43.5 Å². The number of rotatable bonds is 3. The first-order valence-corrected chi connectivity index (χ1v) is 8.60. The van der Waals surface area contributed by atoms with Crippen molar-refractivity contribution in [2.45, 2.75) is 6.92 Å². The van der Waals surface area contributed by atoms with Crippen LogP contribution in [0, 0.1) is 18.3 Å². The molecule has 4 aromatic rings. The minimum atomic E-state index is 0.635. The molecule has 128 valence electrons. The van der Waals surface area contributed by atoms with Crippen molar-refractivity contribution < 1.29 is 0 Å². The molecule has 2 aromatic heterocycles. The minimum Gasteiger partial charge on any atom is -0.264 e. The van der Waals surface area contributed by atoms with Gasteiger partial charge in [-0.05, 0) is 42.3 Å². The molecule has 0 aliphatic rings. The fourth-order valence-corrected chi connectivity index (χ4v) is 2.95. The summed E-state index contributed by atoms with van der Waals surface area (Å²) in [4.78, 5) is 13.3. The Morgan fingerprint density at radius 3 is 1.89 bits per heavy atom. The topological polar surface area (TPSA) is 62.5 Å². The third-order valence-electron chi connectivity index (χ3n) is 4.32. The molecular formula is C23H16N4. The molecule has 4 rings (SSSR count). The van der Waals surface area contributed by atoms with E-state index in [9.17, 15) is 0 Å². The van der Waals surface area contributed by atoms with Gasteiger partial charge in [0.1, 0.15) is 5.82 Å². The molecule has 4 nitrogen and oxygen atoms in total. The molecule has 4 heteroatoms. The lowest BCUT2D eigenvalue weighted by Gasteiger charge is -2.08. The van der Waals surface area contributed by atoms with E-state index in [0.717, 1.165) is 33.6 Å². The predicted octanol–water partition coefficient (Wildman–Crippen LogP) is 5.05. The molecule has 0 N–H and O–H groups in total. The van der Waals surface area contributed by atoms with Crippen LogP contribution in [0.1, 0.15) is 11.4 Å². The Labute approximate surface area is 157 Å². The summed E-state index contributed by atoms with van der Waals surface area (Å²) in [6.45, 7) is 1.89. The van der Waals surface area contributed by atoms with Gasteiger partial charge in [-0.15, -0.1) is 0 Å². The Kier molecular flexibility index (Phi) is 4.42. The third-order valence-corrected chi connectivity index (χ3v) is 4.32. The van der Waals surface area contributed by atoms with Crippen molar-refractivity contribution in [3.05, 3.63) is 90.5 Å². The average molecular weight is 348 g/mol. The molecule has 0 atom stereocenters. The molecule has 0 saturated heterocycles. The molecule has 2 heterocycles. The zero-order valence-electron chi connectivity index (χ0n) is 14.8. The fourth-order valence-electron chi connectivity index (χ4n) is 2.95. The summed E-state index contributed by atoms with van der Waals surface area (Å²) in [6, 6.07) is 23.8. The van der Waals surface area contributed by atoms with Crippen molar-refractivity contribution in [3.8, 4) is 39.7 Å². The van der Waals surface area contributed by atoms with Crippen LogP contribution in [0.2, 0.25) is 0 Å². The van der Waals surface area contributed by atoms with Crippen molar-refractivity contribution in [2.24, 2.45) is 0 Å². The number of nitriles is 1. The van der Waals surface area contributed by atoms with Crippen LogP contribution < -0.4 is 0 Å². The largest absolute Gasteiger partial charge is 0.264 e. The first-order chi connectivity index (χ1) is 13.2. The predicted molar refractivity (Wildman–Crippen MR) is 106 cm³/mol. The number of benzene rings is 2. The van der Waals surface area contributed by atoms with E-state index in [0.29, 0.717) is 11.4 Å². The first kappa shape index (κ1) is 16.6. The number of nitrogens with zero attached hydrogens (tertiary/aromatic N) is 4. The Morgan fingerprint density at radius 2 is 1.33 bits per heavy atom. The Balaban J connectivity index is 1.69. The molecule has 0 bridgehead atoms. The van der Waals surface area contributed by atoms with Gasteiger partial charge in [-0.25, -0.2) is 9.97 Å². The van der Waals surface area contributed by atoms with Crippen molar-refractivity contribution in [1.82, 2.24) is 15.0 Å². The zero-order valence-corrected chi connectivity index (χ0v) is 14.8. The quantitative estimate of drug-likeness (QED) is 0.519. The van der Waals surface area contributed by atoms with E-state index in [-0.39, 0.29) is 0 Å². The fraction of sp³-hybridized carbons (Fsp3) is 0.0435. The molecule has 0 saturated carbocycles. The number of hydrogen-bond donors (Lipinski definition) is 0. The second-order valence-corrected chi connectivity index (χ2v) is 6.19. The Hall–Kier alpha value is -3.84. The van der Waals surface area contributed by atoms with Crippen LogP contribution in [0.3, 0.4) is 0 Å². The van der Waals surface area contributed by atoms with Gasteiger partial charge in [-0.3, -0.25) is 4.98 Å². The van der Waals surface area contributed by atoms with Crippen molar-refractivity contribution in [1.29, 1.82) is 5.26 Å². The van der Waals surface area contributed by atoms with Gasteiger partial charge in [0.05, 0.1) is 23.0 Å². The average Bonchev–Trinajstić information content (AvgIpc) is 2.74. The van der Waals surface area contributed by atoms with Gasteiger partial charge in [0.2, 0.25) is 0 Å². The van der Waals surface area contributed by atoms with E-state index >= 15 is 0 Å². The molecule has 0 fully saturated rings. The standard InChI is InChI=1S/C23H16N4/c1-16-26-22(19-6-4-17(14-24)5-7-19)13-23(27-16)20-10-8-18(9-11-20)21-3-2-12-25-15-21/h2-13,15H,1H3. The van der Waals surface area contributed by atoms with Crippen molar-refractivity contribution in [2.75, 3.05) is 0 Å². The second kappa shape index (κ2) is 7.19. The van der Waals surface area contributed by atoms with Gasteiger partial charge in [0, 0.05) is 23.5 Å². The maximum Gasteiger partial charge on any atom is 0.126 e. The van der Waals surface area contributed by atoms with Crippen LogP contribution in [-0.2, 0) is 0 Å². The molecular weight excluding hydrogens is 332 g/mol. The molecule has 27 heavy (non-hydrogen) atoms. The van der Waals surface area contributed by atoms with Crippen LogP contribution in [0.4, 0.5) is 0 Å². The van der Waals surface area contributed by atoms with E-state index in [1.165, 1.54) is 0 Å². The number of aromatic nitrogens is 3. The van der Waals surface area contributed by atoms with Crippen molar-refractivity contribution >= 4 is 0 Å². The summed E-state index contributed by atoms with van der Waals surface area (Å²) in [7, 11) is 0. The van der Waals surface area contributed by atoms with E-state index in [1.54, 1.807) is 18.3 Å². The van der Waals surface area contributed by atoms with Crippen LogP contribution in [0.5, 0.6) is 0 Å². The minimum absolute atomic E-state index is 0.635. The van der Waals surface area contributed by atoms with E-state index in [4.69, 9.17) is 5.26 Å². The van der Waals surface area contributed by atoms with E-state index < -0.39 is 0 Å². The van der Waals surface area contributed by atoms with Crippen molar-refractivity contribution in [3.63, 3.8) is 0 Å². The van der Waals surface area contributed by atoms with Gasteiger partial charge in [0.25, 0.3) is 0 Å². The number of hydrogen-bond acceptors (Lipinski definition) is 4. The molecule has 0 radical (unpaired) electrons. The van der Waals surface area contributed by atoms with Crippen LogP contribution in [0.15, 0.2) is 79.1 Å². The SMILES string of the molecule is Cc1nc(-c2ccc(C#N)cc2)cc(-c2ccc(-c3cccnc3)cc2)n1. The van der Waals surface area contributed by atoms with E-state index in [2.05, 4.69) is 45.3 Å². The zero-order chi connectivity index (χ0) is 18.6. The highest BCUT2D eigenvalue weighted by Gasteiger charge is 2.07. The summed E-state index contributed by atoms with van der Waals surface area (Å²) < 4.78 is 0. The van der Waals surface area contributed by atoms with Crippen LogP contribution >= 0.6 is 0 Å². The normalized spacial score (nSPS) is 10.4. The first-order valence-electron chi connectivity index (χ1n) is 8.60. The summed E-state index contributed by atoms with van der Waals surface area (Å²) in [5, 5.41) is 8.96. The van der Waals surface area contributed by atoms with Gasteiger partial charge in [-0.2, -0.15) is 5.26 Å². The Morgan fingerprint density at radius 1 is 0.741 bits per heavy atom. The summed E-state index contributed by atoms with van der Waals surface area (Å²) in [6.07, 6.45) is 3.62. The van der Waals surface area contributed by atoms with Gasteiger partial charge >= 0.3 is 0 Å². The third kappa shape index (κ3) is 3.58. The maximum atomic E-state index is 8.96. The summed E-state index contributed by atoms with van der Waals surface area (Å²) in [5.74, 6) is 0.711. The van der Waals surface area contributed by atoms with Crippen LogP contribution in [-0.4, -0.2) is 15.0 Å². The van der Waals surface area contributed by atoms with Gasteiger partial charge < -0.3 is 0 Å². The molecule has 0 aliphatic heterocycles. The molecule has 0 unspecified atom stereocenters. The molecule has 0 spiro atoms. The lowest BCUT2D eigenvalue weighted by Crippen LogP contribution is -1.95. The Bertz CT molecular complexity index is 1110. The highest BCUT2D eigenvalue weighted by Crippen LogP contribution is 2.26. The summed E-state index contributed by atoms with van der Waals surface area (Å²) >= 11 is 0. The maximum absolute atomic E-state index is 8.96. The summed E-state index contributed by atoms with van der Waals surface area (Å²) in [5.41, 5.74) is 6.55. The molecule has 0 amide bonds. The lowest BCUT2D eigenvalue weighted by molar-refractivity contribution is 1.06. The molecule has 2 aromatic carbocycles.